The van der Waals surface area contributed by atoms with E-state index in [0.717, 1.165) is 0 Å². The molecule has 17 heteroatoms. The van der Waals surface area contributed by atoms with Gasteiger partial charge in [0.2, 0.25) is 0 Å². The highest BCUT2D eigenvalue weighted by atomic mass is 32.3. The summed E-state index contributed by atoms with van der Waals surface area (Å²) in [4.78, 5) is 0. The van der Waals surface area contributed by atoms with E-state index in [-0.39, 0.29) is 0 Å². The van der Waals surface area contributed by atoms with E-state index in [1.54, 1.807) is 0 Å². The number of aliphatic hydroxyl groups excluding tert-OH is 8. The van der Waals surface area contributed by atoms with Crippen molar-refractivity contribution in [1.82, 2.24) is 0 Å². The Kier molecular flexibility index (Phi) is 12.0. The van der Waals surface area contributed by atoms with Crippen LogP contribution in [0, 0.1) is 0 Å². The maximum atomic E-state index is 9.20. The molecule has 2 heterocycles. The van der Waals surface area contributed by atoms with E-state index in [1.165, 1.54) is 0 Å². The molecule has 10 unspecified atom stereocenters. The van der Waals surface area contributed by atoms with Crippen LogP contribution in [0.5, 0.6) is 0 Å². The van der Waals surface area contributed by atoms with Gasteiger partial charge in [0.15, 0.2) is 12.6 Å². The van der Waals surface area contributed by atoms with Crippen LogP contribution in [0.3, 0.4) is 0 Å². The van der Waals surface area contributed by atoms with Gasteiger partial charge in [-0.1, -0.05) is 0 Å². The van der Waals surface area contributed by atoms with Gasteiger partial charge in [0.25, 0.3) is 0 Å². The van der Waals surface area contributed by atoms with Crippen molar-refractivity contribution in [1.29, 1.82) is 0 Å². The molecule has 14 N–H and O–H groups in total. The van der Waals surface area contributed by atoms with Crippen molar-refractivity contribution in [3.05, 3.63) is 0 Å². The predicted octanol–water partition coefficient (Wildman–Crippen LogP) is -7.16. The second kappa shape index (κ2) is 12.3. The van der Waals surface area contributed by atoms with Crippen molar-refractivity contribution in [3.63, 3.8) is 0 Å². The predicted molar refractivity (Wildman–Crippen MR) is 90.1 cm³/mol. The van der Waals surface area contributed by atoms with Crippen molar-refractivity contribution < 1.29 is 67.8 Å². The summed E-state index contributed by atoms with van der Waals surface area (Å²) in [5.74, 6) is 0. The molecule has 0 bridgehead atoms. The molecule has 0 saturated carbocycles. The molecule has 16 nitrogen and oxygen atoms in total. The molecule has 0 aliphatic carbocycles. The zero-order valence-electron chi connectivity index (χ0n) is 14.9. The lowest BCUT2D eigenvalue weighted by Crippen LogP contribution is -2.61. The average molecular weight is 456 g/mol. The summed E-state index contributed by atoms with van der Waals surface area (Å²) in [6, 6.07) is -2.08. The van der Waals surface area contributed by atoms with Crippen molar-refractivity contribution in [3.8, 4) is 0 Å². The number of aliphatic hydroxyl groups is 8. The first-order valence-electron chi connectivity index (χ1n) is 7.97. The maximum Gasteiger partial charge on any atom is 0.394 e. The summed E-state index contributed by atoms with van der Waals surface area (Å²) in [5.41, 5.74) is 10.5. The van der Waals surface area contributed by atoms with Crippen LogP contribution in [0.1, 0.15) is 0 Å². The molecule has 2 fully saturated rings. The Bertz CT molecular complexity index is 515. The SMILES string of the molecule is NC1C(O)OC(CO)C(O)C1O.NC1C(O)OC(CO)C(O)C1O.O=S(=O)(O)O. The molecule has 176 valence electrons. The number of ether oxygens (including phenoxy) is 2. The largest absolute Gasteiger partial charge is 0.394 e. The first kappa shape index (κ1) is 28.4. The van der Waals surface area contributed by atoms with Gasteiger partial charge in [0.1, 0.15) is 36.6 Å². The standard InChI is InChI=1S/2C6H13NO5.H2O4S/c2*7-3-5(10)4(9)2(1-8)12-6(3)11;1-5(2,3)4/h2*2-6,8-11H,1,7H2;(H2,1,2,3,4). The molecule has 0 amide bonds. The second-order valence-electron chi connectivity index (χ2n) is 6.06. The van der Waals surface area contributed by atoms with Crippen LogP contribution >= 0.6 is 0 Å². The summed E-state index contributed by atoms with van der Waals surface area (Å²) >= 11 is 0. The molecule has 2 rings (SSSR count). The summed E-state index contributed by atoms with van der Waals surface area (Å²) in [7, 11) is -4.67. The molecule has 0 spiro atoms. The minimum atomic E-state index is -4.67. The van der Waals surface area contributed by atoms with Crippen molar-refractivity contribution in [2.45, 2.75) is 61.3 Å². The van der Waals surface area contributed by atoms with Gasteiger partial charge in [0, 0.05) is 0 Å². The number of hydrogen-bond donors (Lipinski definition) is 12. The Morgan fingerprint density at radius 3 is 1.10 bits per heavy atom. The van der Waals surface area contributed by atoms with Gasteiger partial charge < -0.3 is 61.8 Å². The second-order valence-corrected chi connectivity index (χ2v) is 6.96. The van der Waals surface area contributed by atoms with Gasteiger partial charge in [-0.05, 0) is 0 Å². The van der Waals surface area contributed by atoms with Crippen LogP contribution in [0.2, 0.25) is 0 Å². The molecule has 2 aliphatic rings. The molecule has 10 atom stereocenters. The minimum Gasteiger partial charge on any atom is -0.394 e. The van der Waals surface area contributed by atoms with Crippen LogP contribution in [-0.2, 0) is 19.9 Å². The summed E-state index contributed by atoms with van der Waals surface area (Å²) < 4.78 is 41.0. The minimum absolute atomic E-state index is 0.470. The monoisotopic (exact) mass is 456 g/mol. The van der Waals surface area contributed by atoms with Crippen molar-refractivity contribution >= 4 is 10.4 Å². The Hall–Kier alpha value is -0.610. The molecule has 0 aromatic carbocycles. The molecular formula is C12H28N2O14S. The van der Waals surface area contributed by atoms with E-state index in [1.807, 2.05) is 0 Å². The van der Waals surface area contributed by atoms with Gasteiger partial charge in [-0.3, -0.25) is 9.11 Å². The average Bonchev–Trinajstić information content (AvgIpc) is 2.63. The van der Waals surface area contributed by atoms with Gasteiger partial charge >= 0.3 is 10.4 Å². The Labute approximate surface area is 165 Å². The Balaban J connectivity index is 0.000000442. The molecule has 2 aliphatic heterocycles. The van der Waals surface area contributed by atoms with E-state index < -0.39 is 84.9 Å². The fourth-order valence-electron chi connectivity index (χ4n) is 2.24. The molecule has 0 radical (unpaired) electrons. The molecule has 0 aromatic rings. The number of rotatable bonds is 2. The first-order chi connectivity index (χ1) is 13.1. The molecule has 2 saturated heterocycles. The van der Waals surface area contributed by atoms with Crippen molar-refractivity contribution in [2.75, 3.05) is 13.2 Å². The Morgan fingerprint density at radius 2 is 0.897 bits per heavy atom. The highest BCUT2D eigenvalue weighted by molar-refractivity contribution is 7.79. The third-order valence-corrected chi connectivity index (χ3v) is 3.90. The highest BCUT2D eigenvalue weighted by Crippen LogP contribution is 2.18. The third kappa shape index (κ3) is 9.38. The van der Waals surface area contributed by atoms with Crippen LogP contribution in [-0.4, -0.2) is 133 Å². The van der Waals surface area contributed by atoms with Gasteiger partial charge in [0.05, 0.1) is 25.3 Å². The summed E-state index contributed by atoms with van der Waals surface area (Å²) in [6.07, 6.45) is -9.70. The van der Waals surface area contributed by atoms with E-state index >= 15 is 0 Å². The van der Waals surface area contributed by atoms with Gasteiger partial charge in [-0.15, -0.1) is 0 Å². The normalized spacial score (nSPS) is 42.8. The van der Waals surface area contributed by atoms with Crippen LogP contribution in [0.4, 0.5) is 0 Å². The highest BCUT2D eigenvalue weighted by Gasteiger charge is 2.42. The van der Waals surface area contributed by atoms with E-state index in [0.29, 0.717) is 0 Å². The van der Waals surface area contributed by atoms with E-state index in [4.69, 9.17) is 58.9 Å². The zero-order chi connectivity index (χ0) is 23.1. The summed E-state index contributed by atoms with van der Waals surface area (Å²) in [6.45, 7) is -0.940. The zero-order valence-corrected chi connectivity index (χ0v) is 15.7. The van der Waals surface area contributed by atoms with Crippen LogP contribution in [0.25, 0.3) is 0 Å². The van der Waals surface area contributed by atoms with Gasteiger partial charge in [-0.2, -0.15) is 8.42 Å². The quantitative estimate of drug-likeness (QED) is 0.172. The third-order valence-electron chi connectivity index (χ3n) is 3.90. The smallest absolute Gasteiger partial charge is 0.394 e. The fourth-order valence-corrected chi connectivity index (χ4v) is 2.24. The molecule has 0 aromatic heterocycles. The number of nitrogens with two attached hydrogens (primary N) is 2. The lowest BCUT2D eigenvalue weighted by molar-refractivity contribution is -0.248. The number of hydrogen-bond acceptors (Lipinski definition) is 14. The van der Waals surface area contributed by atoms with Gasteiger partial charge in [-0.25, -0.2) is 0 Å². The Morgan fingerprint density at radius 1 is 0.655 bits per heavy atom. The summed E-state index contributed by atoms with van der Waals surface area (Å²) in [5, 5.41) is 72.1. The topological polar surface area (TPSA) is 307 Å². The van der Waals surface area contributed by atoms with Crippen molar-refractivity contribution in [2.24, 2.45) is 11.5 Å². The molecule has 29 heavy (non-hydrogen) atoms. The molecular weight excluding hydrogens is 428 g/mol. The van der Waals surface area contributed by atoms with E-state index in [2.05, 4.69) is 0 Å². The first-order valence-corrected chi connectivity index (χ1v) is 9.37. The maximum absolute atomic E-state index is 9.20. The lowest BCUT2D eigenvalue weighted by atomic mass is 9.98. The van der Waals surface area contributed by atoms with E-state index in [9.17, 15) is 20.4 Å². The van der Waals surface area contributed by atoms with Crippen LogP contribution in [0.15, 0.2) is 0 Å². The van der Waals surface area contributed by atoms with Crippen LogP contribution < -0.4 is 11.5 Å². The fraction of sp³-hybridized carbons (Fsp3) is 1.00. The lowest BCUT2D eigenvalue weighted by Gasteiger charge is -2.38.